The summed E-state index contributed by atoms with van der Waals surface area (Å²) in [6, 6.07) is 7.69. The smallest absolute Gasteiger partial charge is 0.252 e. The molecule has 6 heteroatoms. The maximum Gasteiger partial charge on any atom is 0.252 e. The third-order valence-electron chi connectivity index (χ3n) is 4.37. The fourth-order valence-corrected chi connectivity index (χ4v) is 4.63. The summed E-state index contributed by atoms with van der Waals surface area (Å²) in [5.41, 5.74) is 0.858. The van der Waals surface area contributed by atoms with Gasteiger partial charge in [0.15, 0.2) is 4.75 Å². The number of anilines is 1. The Morgan fingerprint density at radius 2 is 1.87 bits per heavy atom. The van der Waals surface area contributed by atoms with Gasteiger partial charge in [-0.15, -0.1) is 0 Å². The van der Waals surface area contributed by atoms with Crippen LogP contribution in [0.15, 0.2) is 29.2 Å². The van der Waals surface area contributed by atoms with Gasteiger partial charge in [-0.05, 0) is 32.9 Å². The van der Waals surface area contributed by atoms with Crippen molar-refractivity contribution in [3.8, 4) is 0 Å². The minimum Gasteiger partial charge on any atom is -0.372 e. The summed E-state index contributed by atoms with van der Waals surface area (Å²) >= 11 is 1.35. The number of hydrogen-bond acceptors (Lipinski definition) is 4. The van der Waals surface area contributed by atoms with E-state index in [2.05, 4.69) is 0 Å². The number of hydrogen-bond donors (Lipinski definition) is 0. The molecule has 1 saturated heterocycles. The van der Waals surface area contributed by atoms with Gasteiger partial charge < -0.3 is 14.5 Å². The molecule has 0 aliphatic carbocycles. The zero-order chi connectivity index (χ0) is 16.8. The Morgan fingerprint density at radius 1 is 1.26 bits per heavy atom. The molecule has 2 amide bonds. The Kier molecular flexibility index (Phi) is 4.14. The van der Waals surface area contributed by atoms with Crippen molar-refractivity contribution in [2.24, 2.45) is 0 Å². The number of amides is 2. The van der Waals surface area contributed by atoms with Crippen molar-refractivity contribution in [2.45, 2.75) is 42.6 Å². The van der Waals surface area contributed by atoms with Crippen LogP contribution in [0.4, 0.5) is 5.69 Å². The van der Waals surface area contributed by atoms with Gasteiger partial charge in [0.2, 0.25) is 5.91 Å². The molecule has 1 aromatic rings. The lowest BCUT2D eigenvalue weighted by molar-refractivity contribution is -0.148. The number of carbonyl (C=O) groups is 2. The van der Waals surface area contributed by atoms with Crippen LogP contribution in [-0.2, 0) is 14.3 Å². The fourth-order valence-electron chi connectivity index (χ4n) is 3.29. The van der Waals surface area contributed by atoms with Gasteiger partial charge in [-0.1, -0.05) is 23.9 Å². The number of benzene rings is 1. The summed E-state index contributed by atoms with van der Waals surface area (Å²) in [5.74, 6) is -0.297. The number of nitrogens with zero attached hydrogens (tertiary/aromatic N) is 2. The Bertz CT molecular complexity index is 640. The number of fused-ring (bicyclic) bond motifs is 1. The minimum absolute atomic E-state index is 0.0139. The highest BCUT2D eigenvalue weighted by molar-refractivity contribution is 8.02. The molecule has 124 valence electrons. The van der Waals surface area contributed by atoms with Crippen molar-refractivity contribution < 1.29 is 14.3 Å². The number of rotatable bonds is 1. The van der Waals surface area contributed by atoms with Crippen LogP contribution in [0.3, 0.4) is 0 Å². The summed E-state index contributed by atoms with van der Waals surface area (Å²) in [4.78, 5) is 30.3. The summed E-state index contributed by atoms with van der Waals surface area (Å²) in [5, 5.41) is 0. The first-order chi connectivity index (χ1) is 10.8. The molecule has 0 bridgehead atoms. The Morgan fingerprint density at radius 3 is 2.52 bits per heavy atom. The molecule has 2 aliphatic heterocycles. The van der Waals surface area contributed by atoms with E-state index in [1.54, 1.807) is 23.8 Å². The highest BCUT2D eigenvalue weighted by atomic mass is 32.2. The number of morpholine rings is 1. The second-order valence-corrected chi connectivity index (χ2v) is 7.90. The minimum atomic E-state index is -1.13. The lowest BCUT2D eigenvalue weighted by atomic mass is 10.0. The standard InChI is InChI=1S/C17H22N2O3S/c1-11-9-19(10-12(2)22-11)16(21)17(3)15(20)18(4)13-7-5-6-8-14(13)23-17/h5-8,11-12H,9-10H2,1-4H3. The third kappa shape index (κ3) is 2.74. The van der Waals surface area contributed by atoms with Gasteiger partial charge in [-0.3, -0.25) is 9.59 Å². The largest absolute Gasteiger partial charge is 0.372 e. The summed E-state index contributed by atoms with van der Waals surface area (Å²) < 4.78 is 4.57. The van der Waals surface area contributed by atoms with Gasteiger partial charge in [-0.2, -0.15) is 0 Å². The van der Waals surface area contributed by atoms with Gasteiger partial charge in [0, 0.05) is 25.0 Å². The van der Waals surface area contributed by atoms with Crippen molar-refractivity contribution in [2.75, 3.05) is 25.0 Å². The van der Waals surface area contributed by atoms with E-state index in [1.807, 2.05) is 38.1 Å². The van der Waals surface area contributed by atoms with Crippen LogP contribution < -0.4 is 4.90 Å². The second kappa shape index (κ2) is 5.83. The predicted octanol–water partition coefficient (Wildman–Crippen LogP) is 2.15. The quantitative estimate of drug-likeness (QED) is 0.739. The Hall–Kier alpha value is -1.53. The third-order valence-corrected chi connectivity index (χ3v) is 5.69. The Labute approximate surface area is 141 Å². The lowest BCUT2D eigenvalue weighted by Crippen LogP contribution is -2.60. The summed E-state index contributed by atoms with van der Waals surface area (Å²) in [6.07, 6.45) is -0.0278. The first-order valence-corrected chi connectivity index (χ1v) is 8.65. The molecule has 0 radical (unpaired) electrons. The van der Waals surface area contributed by atoms with Crippen LogP contribution in [0.2, 0.25) is 0 Å². The van der Waals surface area contributed by atoms with Gasteiger partial charge in [-0.25, -0.2) is 0 Å². The molecule has 23 heavy (non-hydrogen) atoms. The van der Waals surface area contributed by atoms with E-state index in [-0.39, 0.29) is 24.0 Å². The highest BCUT2D eigenvalue weighted by Gasteiger charge is 2.50. The Balaban J connectivity index is 1.92. The van der Waals surface area contributed by atoms with Crippen LogP contribution in [0.1, 0.15) is 20.8 Å². The van der Waals surface area contributed by atoms with Crippen molar-refractivity contribution in [3.63, 3.8) is 0 Å². The second-order valence-electron chi connectivity index (χ2n) is 6.43. The molecular formula is C17H22N2O3S. The van der Waals surface area contributed by atoms with Crippen LogP contribution >= 0.6 is 11.8 Å². The topological polar surface area (TPSA) is 49.9 Å². The average Bonchev–Trinajstić information content (AvgIpc) is 2.51. The first kappa shape index (κ1) is 16.3. The van der Waals surface area contributed by atoms with Crippen LogP contribution in [0, 0.1) is 0 Å². The molecule has 3 rings (SSSR count). The molecule has 2 heterocycles. The van der Waals surface area contributed by atoms with Crippen molar-refractivity contribution >= 4 is 29.3 Å². The van der Waals surface area contributed by atoms with E-state index in [9.17, 15) is 9.59 Å². The van der Waals surface area contributed by atoms with Crippen molar-refractivity contribution in [1.82, 2.24) is 4.90 Å². The molecule has 1 aromatic carbocycles. The number of thioether (sulfide) groups is 1. The normalized spacial score (nSPS) is 31.0. The van der Waals surface area contributed by atoms with Crippen LogP contribution in [0.5, 0.6) is 0 Å². The molecule has 1 fully saturated rings. The van der Waals surface area contributed by atoms with E-state index in [4.69, 9.17) is 4.74 Å². The molecule has 0 N–H and O–H groups in total. The van der Waals surface area contributed by atoms with E-state index < -0.39 is 4.75 Å². The maximum absolute atomic E-state index is 13.1. The number of para-hydroxylation sites is 1. The zero-order valence-corrected chi connectivity index (χ0v) is 14.7. The molecule has 0 spiro atoms. The van der Waals surface area contributed by atoms with Gasteiger partial charge in [0.05, 0.1) is 17.9 Å². The lowest BCUT2D eigenvalue weighted by Gasteiger charge is -2.42. The van der Waals surface area contributed by atoms with Crippen molar-refractivity contribution in [1.29, 1.82) is 0 Å². The van der Waals surface area contributed by atoms with E-state index in [0.29, 0.717) is 13.1 Å². The van der Waals surface area contributed by atoms with E-state index in [0.717, 1.165) is 10.6 Å². The van der Waals surface area contributed by atoms with Crippen LogP contribution in [-0.4, -0.2) is 53.8 Å². The average molecular weight is 334 g/mol. The van der Waals surface area contributed by atoms with E-state index >= 15 is 0 Å². The molecule has 3 atom stereocenters. The molecule has 0 saturated carbocycles. The number of ether oxygens (including phenoxy) is 1. The summed E-state index contributed by atoms with van der Waals surface area (Å²) in [6.45, 7) is 6.70. The van der Waals surface area contributed by atoms with Crippen molar-refractivity contribution in [3.05, 3.63) is 24.3 Å². The zero-order valence-electron chi connectivity index (χ0n) is 13.9. The molecular weight excluding hydrogens is 312 g/mol. The highest BCUT2D eigenvalue weighted by Crippen LogP contribution is 2.45. The fraction of sp³-hybridized carbons (Fsp3) is 0.529. The van der Waals surface area contributed by atoms with Gasteiger partial charge in [0.25, 0.3) is 5.91 Å². The molecule has 5 nitrogen and oxygen atoms in total. The molecule has 2 aliphatic rings. The van der Waals surface area contributed by atoms with Crippen LogP contribution in [0.25, 0.3) is 0 Å². The summed E-state index contributed by atoms with van der Waals surface area (Å²) in [7, 11) is 1.73. The van der Waals surface area contributed by atoms with Gasteiger partial charge >= 0.3 is 0 Å². The SMILES string of the molecule is CC1CN(C(=O)C2(C)Sc3ccccc3N(C)C2=O)CC(C)O1. The maximum atomic E-state index is 13.1. The van der Waals surface area contributed by atoms with E-state index in [1.165, 1.54) is 11.8 Å². The molecule has 0 aromatic heterocycles. The molecule has 3 unspecified atom stereocenters. The first-order valence-electron chi connectivity index (χ1n) is 7.84. The van der Waals surface area contributed by atoms with Gasteiger partial charge in [0.1, 0.15) is 0 Å². The monoisotopic (exact) mass is 334 g/mol. The predicted molar refractivity (Wildman–Crippen MR) is 90.7 cm³/mol. The number of carbonyl (C=O) groups excluding carboxylic acids is 2.